The fourth-order valence-corrected chi connectivity index (χ4v) is 2.93. The van der Waals surface area contributed by atoms with Gasteiger partial charge in [-0.15, -0.1) is 11.3 Å². The number of hydrogen-bond acceptors (Lipinski definition) is 3. The van der Waals surface area contributed by atoms with Crippen LogP contribution < -0.4 is 5.32 Å². The van der Waals surface area contributed by atoms with Crippen LogP contribution in [0.5, 0.6) is 0 Å². The Hall–Kier alpha value is -0.570. The summed E-state index contributed by atoms with van der Waals surface area (Å²) in [6.07, 6.45) is 1.08. The van der Waals surface area contributed by atoms with E-state index in [9.17, 15) is 0 Å². The molecule has 0 saturated heterocycles. The van der Waals surface area contributed by atoms with Crippen molar-refractivity contribution in [3.63, 3.8) is 0 Å². The Morgan fingerprint density at radius 1 is 1.18 bits per heavy atom. The Bertz CT molecular complexity index is 359. The minimum Gasteiger partial charge on any atom is -0.357 e. The van der Waals surface area contributed by atoms with Gasteiger partial charge in [0.1, 0.15) is 0 Å². The molecule has 0 bridgehead atoms. The number of anilines is 1. The average molecular weight is 254 g/mol. The van der Waals surface area contributed by atoms with E-state index in [4.69, 9.17) is 4.98 Å². The molecule has 0 unspecified atom stereocenters. The van der Waals surface area contributed by atoms with Crippen LogP contribution in [0.3, 0.4) is 0 Å². The Labute approximate surface area is 110 Å². The fraction of sp³-hybridized carbons (Fsp3) is 0.786. The molecular formula is C14H26N2S. The van der Waals surface area contributed by atoms with Gasteiger partial charge in [0.2, 0.25) is 0 Å². The Kier molecular flexibility index (Phi) is 4.59. The van der Waals surface area contributed by atoms with Crippen molar-refractivity contribution in [2.45, 2.75) is 66.3 Å². The number of aromatic nitrogens is 1. The maximum absolute atomic E-state index is 4.76. The van der Waals surface area contributed by atoms with Crippen LogP contribution in [0, 0.1) is 5.92 Å². The first-order valence-corrected chi connectivity index (χ1v) is 7.28. The third-order valence-corrected chi connectivity index (χ3v) is 3.65. The quantitative estimate of drug-likeness (QED) is 0.844. The lowest BCUT2D eigenvalue weighted by Crippen LogP contribution is -2.25. The molecule has 2 nitrogen and oxygen atoms in total. The number of hydrogen-bond donors (Lipinski definition) is 1. The van der Waals surface area contributed by atoms with Gasteiger partial charge in [0.25, 0.3) is 0 Å². The van der Waals surface area contributed by atoms with Crippen LogP contribution >= 0.6 is 11.3 Å². The molecule has 0 amide bonds. The van der Waals surface area contributed by atoms with E-state index in [1.807, 2.05) is 11.3 Å². The normalized spacial score (nSPS) is 12.5. The summed E-state index contributed by atoms with van der Waals surface area (Å²) >= 11 is 1.81. The second-order valence-corrected chi connectivity index (χ2v) is 7.49. The topological polar surface area (TPSA) is 24.9 Å². The predicted molar refractivity (Wildman–Crippen MR) is 78.1 cm³/mol. The molecule has 3 heteroatoms. The summed E-state index contributed by atoms with van der Waals surface area (Å²) < 4.78 is 0. The molecule has 0 spiro atoms. The lowest BCUT2D eigenvalue weighted by molar-refractivity contribution is 0.622. The van der Waals surface area contributed by atoms with Gasteiger partial charge in [-0.1, -0.05) is 27.7 Å². The maximum Gasteiger partial charge on any atom is 0.183 e. The van der Waals surface area contributed by atoms with Crippen molar-refractivity contribution in [3.8, 4) is 0 Å². The zero-order valence-electron chi connectivity index (χ0n) is 12.2. The van der Waals surface area contributed by atoms with Gasteiger partial charge in [-0.3, -0.25) is 0 Å². The minimum atomic E-state index is 0.0845. The number of nitrogens with one attached hydrogen (secondary N) is 1. The second-order valence-electron chi connectivity index (χ2n) is 6.46. The van der Waals surface area contributed by atoms with Crippen LogP contribution in [0.4, 0.5) is 5.13 Å². The van der Waals surface area contributed by atoms with Crippen molar-refractivity contribution < 1.29 is 0 Å². The van der Waals surface area contributed by atoms with Gasteiger partial charge >= 0.3 is 0 Å². The zero-order chi connectivity index (χ0) is 13.2. The van der Waals surface area contributed by atoms with Crippen LogP contribution in [0.25, 0.3) is 0 Å². The SMILES string of the molecule is CC(C)Cc1nc(NC(C)(C)C)sc1C(C)C. The predicted octanol–water partition coefficient (Wildman–Crippen LogP) is 4.68. The Balaban J connectivity index is 2.95. The van der Waals surface area contributed by atoms with E-state index >= 15 is 0 Å². The zero-order valence-corrected chi connectivity index (χ0v) is 13.0. The van der Waals surface area contributed by atoms with Crippen LogP contribution in [-0.2, 0) is 6.42 Å². The van der Waals surface area contributed by atoms with Crippen molar-refractivity contribution in [2.24, 2.45) is 5.92 Å². The summed E-state index contributed by atoms with van der Waals surface area (Å²) in [6, 6.07) is 0. The molecule has 1 N–H and O–H groups in total. The lowest BCUT2D eigenvalue weighted by Gasteiger charge is -2.19. The smallest absolute Gasteiger partial charge is 0.183 e. The highest BCUT2D eigenvalue weighted by atomic mass is 32.1. The van der Waals surface area contributed by atoms with E-state index in [1.54, 1.807) is 0 Å². The van der Waals surface area contributed by atoms with Crippen LogP contribution in [0.1, 0.15) is 65.0 Å². The molecule has 0 aliphatic carbocycles. The average Bonchev–Trinajstić information content (AvgIpc) is 2.43. The molecule has 17 heavy (non-hydrogen) atoms. The summed E-state index contributed by atoms with van der Waals surface area (Å²) in [5.74, 6) is 1.23. The van der Waals surface area contributed by atoms with Gasteiger partial charge in [-0.2, -0.15) is 0 Å². The molecule has 0 aliphatic rings. The monoisotopic (exact) mass is 254 g/mol. The maximum atomic E-state index is 4.76. The van der Waals surface area contributed by atoms with Crippen molar-refractivity contribution >= 4 is 16.5 Å². The van der Waals surface area contributed by atoms with Gasteiger partial charge in [0.15, 0.2) is 5.13 Å². The highest BCUT2D eigenvalue weighted by molar-refractivity contribution is 7.15. The molecule has 0 fully saturated rings. The van der Waals surface area contributed by atoms with Crippen molar-refractivity contribution in [1.82, 2.24) is 4.98 Å². The summed E-state index contributed by atoms with van der Waals surface area (Å²) in [5, 5.41) is 4.54. The van der Waals surface area contributed by atoms with Crippen LogP contribution in [0.15, 0.2) is 0 Å². The second kappa shape index (κ2) is 5.38. The molecule has 0 radical (unpaired) electrons. The highest BCUT2D eigenvalue weighted by Crippen LogP contribution is 2.32. The third kappa shape index (κ3) is 4.66. The van der Waals surface area contributed by atoms with Gasteiger partial charge in [-0.05, 0) is 39.0 Å². The number of nitrogens with zero attached hydrogens (tertiary/aromatic N) is 1. The molecule has 1 aromatic rings. The molecule has 0 aromatic carbocycles. The van der Waals surface area contributed by atoms with Crippen molar-refractivity contribution in [3.05, 3.63) is 10.6 Å². The first-order valence-electron chi connectivity index (χ1n) is 6.47. The highest BCUT2D eigenvalue weighted by Gasteiger charge is 2.18. The van der Waals surface area contributed by atoms with E-state index in [2.05, 4.69) is 53.8 Å². The first-order chi connectivity index (χ1) is 7.69. The Morgan fingerprint density at radius 3 is 2.18 bits per heavy atom. The molecule has 1 aromatic heterocycles. The van der Waals surface area contributed by atoms with E-state index in [0.29, 0.717) is 11.8 Å². The van der Waals surface area contributed by atoms with Gasteiger partial charge < -0.3 is 5.32 Å². The summed E-state index contributed by atoms with van der Waals surface area (Å²) in [4.78, 5) is 6.20. The van der Waals surface area contributed by atoms with Crippen LogP contribution in [-0.4, -0.2) is 10.5 Å². The third-order valence-electron chi connectivity index (χ3n) is 2.34. The Morgan fingerprint density at radius 2 is 1.76 bits per heavy atom. The summed E-state index contributed by atoms with van der Waals surface area (Å²) in [6.45, 7) is 15.5. The summed E-state index contributed by atoms with van der Waals surface area (Å²) in [7, 11) is 0. The molecule has 0 atom stereocenters. The molecular weight excluding hydrogens is 228 g/mol. The number of rotatable bonds is 4. The van der Waals surface area contributed by atoms with E-state index in [1.165, 1.54) is 10.6 Å². The van der Waals surface area contributed by atoms with Gasteiger partial charge in [0, 0.05) is 10.4 Å². The first kappa shape index (κ1) is 14.5. The minimum absolute atomic E-state index is 0.0845. The van der Waals surface area contributed by atoms with E-state index in [-0.39, 0.29) is 5.54 Å². The molecule has 98 valence electrons. The van der Waals surface area contributed by atoms with Gasteiger partial charge in [-0.25, -0.2) is 4.98 Å². The van der Waals surface area contributed by atoms with Gasteiger partial charge in [0.05, 0.1) is 5.69 Å². The van der Waals surface area contributed by atoms with Crippen molar-refractivity contribution in [1.29, 1.82) is 0 Å². The number of thiazole rings is 1. The molecule has 1 heterocycles. The largest absolute Gasteiger partial charge is 0.357 e. The molecule has 0 saturated carbocycles. The van der Waals surface area contributed by atoms with E-state index in [0.717, 1.165) is 11.6 Å². The standard InChI is InChI=1S/C14H26N2S/c1-9(2)8-11-12(10(3)4)17-13(15-11)16-14(5,6)7/h9-10H,8H2,1-7H3,(H,15,16). The lowest BCUT2D eigenvalue weighted by atomic mass is 10.0. The molecule has 1 rings (SSSR count). The van der Waals surface area contributed by atoms with E-state index < -0.39 is 0 Å². The van der Waals surface area contributed by atoms with Crippen molar-refractivity contribution in [2.75, 3.05) is 5.32 Å². The fourth-order valence-electron chi connectivity index (χ4n) is 1.72. The molecule has 0 aliphatic heterocycles. The van der Waals surface area contributed by atoms with Crippen LogP contribution in [0.2, 0.25) is 0 Å². The summed E-state index contributed by atoms with van der Waals surface area (Å²) in [5.41, 5.74) is 1.37.